The average molecular weight is 435 g/mol. The fourth-order valence-electron chi connectivity index (χ4n) is 5.60. The zero-order chi connectivity index (χ0) is 22.2. The van der Waals surface area contributed by atoms with Gasteiger partial charge in [0.25, 0.3) is 0 Å². The molecule has 4 nitrogen and oxygen atoms in total. The number of allylic oxidation sites excluding steroid dienone is 1. The van der Waals surface area contributed by atoms with Crippen molar-refractivity contribution in [1.29, 1.82) is 0 Å². The molecule has 0 aromatic heterocycles. The quantitative estimate of drug-likeness (QED) is 0.472. The Labute approximate surface area is 186 Å². The predicted octanol–water partition coefficient (Wildman–Crippen LogP) is 4.30. The number of ether oxygens (including phenoxy) is 2. The van der Waals surface area contributed by atoms with Crippen molar-refractivity contribution in [3.05, 3.63) is 47.0 Å². The van der Waals surface area contributed by atoms with Gasteiger partial charge in [-0.25, -0.2) is 0 Å². The van der Waals surface area contributed by atoms with Crippen molar-refractivity contribution in [2.45, 2.75) is 82.9 Å². The summed E-state index contributed by atoms with van der Waals surface area (Å²) in [5.74, 6) is 0.659. The summed E-state index contributed by atoms with van der Waals surface area (Å²) in [6.07, 6.45) is 5.52. The second-order valence-corrected chi connectivity index (χ2v) is 10.5. The molecule has 0 bridgehead atoms. The van der Waals surface area contributed by atoms with Gasteiger partial charge in [-0.2, -0.15) is 11.8 Å². The lowest BCUT2D eigenvalue weighted by Crippen LogP contribution is -2.70. The summed E-state index contributed by atoms with van der Waals surface area (Å²) in [7, 11) is 1.65. The number of aliphatic hydroxyl groups is 2. The van der Waals surface area contributed by atoms with Crippen LogP contribution in [0.3, 0.4) is 0 Å². The summed E-state index contributed by atoms with van der Waals surface area (Å²) in [4.78, 5) is 0. The molecule has 0 amide bonds. The van der Waals surface area contributed by atoms with Crippen LogP contribution in [0.15, 0.2) is 35.9 Å². The lowest BCUT2D eigenvalue weighted by atomic mass is 9.53. The minimum absolute atomic E-state index is 0.00652. The first-order valence-corrected chi connectivity index (χ1v) is 12.3. The number of epoxide rings is 1. The van der Waals surface area contributed by atoms with Crippen LogP contribution in [0.5, 0.6) is 0 Å². The Morgan fingerprint density at radius 2 is 1.97 bits per heavy atom. The minimum atomic E-state index is -1.04. The van der Waals surface area contributed by atoms with Crippen LogP contribution in [-0.2, 0) is 15.9 Å². The molecule has 1 aromatic rings. The molecular weight excluding hydrogens is 396 g/mol. The zero-order valence-corrected chi connectivity index (χ0v) is 20.1. The van der Waals surface area contributed by atoms with Gasteiger partial charge in [-0.05, 0) is 58.8 Å². The molecule has 6 atom stereocenters. The maximum Gasteiger partial charge on any atom is 0.104 e. The van der Waals surface area contributed by atoms with Gasteiger partial charge in [0.15, 0.2) is 0 Å². The molecule has 0 spiro atoms. The van der Waals surface area contributed by atoms with Gasteiger partial charge in [0.2, 0.25) is 0 Å². The maximum atomic E-state index is 12.3. The molecule has 2 aliphatic rings. The Bertz CT molecular complexity index is 759. The second-order valence-electron chi connectivity index (χ2n) is 9.59. The van der Waals surface area contributed by atoms with Gasteiger partial charge in [-0.15, -0.1) is 0 Å². The molecular formula is C25H38O4S. The van der Waals surface area contributed by atoms with E-state index in [2.05, 4.69) is 64.3 Å². The van der Waals surface area contributed by atoms with Crippen molar-refractivity contribution in [3.63, 3.8) is 0 Å². The highest BCUT2D eigenvalue weighted by Gasteiger charge is 2.76. The van der Waals surface area contributed by atoms with E-state index in [4.69, 9.17) is 9.47 Å². The predicted molar refractivity (Wildman–Crippen MR) is 124 cm³/mol. The smallest absolute Gasteiger partial charge is 0.104 e. The number of thioether (sulfide) groups is 1. The van der Waals surface area contributed by atoms with Crippen LogP contribution in [0.25, 0.3) is 0 Å². The van der Waals surface area contributed by atoms with Crippen LogP contribution < -0.4 is 0 Å². The Balaban J connectivity index is 2.06. The normalized spacial score (nSPS) is 38.3. The molecule has 2 N–H and O–H groups in total. The molecule has 3 rings (SSSR count). The van der Waals surface area contributed by atoms with Gasteiger partial charge in [0.05, 0.1) is 29.3 Å². The first-order chi connectivity index (χ1) is 14.1. The van der Waals surface area contributed by atoms with E-state index >= 15 is 0 Å². The molecule has 5 heteroatoms. The van der Waals surface area contributed by atoms with E-state index in [9.17, 15) is 10.2 Å². The first kappa shape index (κ1) is 23.8. The zero-order valence-electron chi connectivity index (χ0n) is 19.3. The monoisotopic (exact) mass is 434 g/mol. The van der Waals surface area contributed by atoms with Gasteiger partial charge in [-0.3, -0.25) is 0 Å². The van der Waals surface area contributed by atoms with Crippen molar-refractivity contribution in [3.8, 4) is 0 Å². The third-order valence-corrected chi connectivity index (χ3v) is 8.08. The van der Waals surface area contributed by atoms with Gasteiger partial charge in [-0.1, -0.05) is 41.5 Å². The van der Waals surface area contributed by atoms with E-state index in [-0.39, 0.29) is 6.10 Å². The molecule has 168 valence electrons. The van der Waals surface area contributed by atoms with Crippen LogP contribution in [-0.4, -0.2) is 58.8 Å². The maximum absolute atomic E-state index is 12.3. The third kappa shape index (κ3) is 4.00. The van der Waals surface area contributed by atoms with Crippen molar-refractivity contribution in [2.75, 3.05) is 19.1 Å². The first-order valence-electron chi connectivity index (χ1n) is 10.9. The van der Waals surface area contributed by atoms with E-state index in [1.165, 1.54) is 11.1 Å². The standard InChI is InChI=1S/C25H38O4S/c1-17(2)7-12-21-23(4,29-21)25(16-30-6)22(28-5)20(26)13-14-24(25,27)15-19-10-8-18(3)9-11-19/h7-11,20-22,26-27H,12-16H2,1-6H3. The summed E-state index contributed by atoms with van der Waals surface area (Å²) in [6.45, 7) is 8.36. The fourth-order valence-corrected chi connectivity index (χ4v) is 6.78. The molecule has 1 aliphatic carbocycles. The minimum Gasteiger partial charge on any atom is -0.390 e. The fraction of sp³-hybridized carbons (Fsp3) is 0.680. The van der Waals surface area contributed by atoms with Gasteiger partial charge >= 0.3 is 0 Å². The number of rotatable bonds is 8. The lowest BCUT2D eigenvalue weighted by molar-refractivity contribution is -0.229. The number of aliphatic hydroxyl groups excluding tert-OH is 1. The molecule has 1 saturated heterocycles. The lowest BCUT2D eigenvalue weighted by Gasteiger charge is -2.58. The van der Waals surface area contributed by atoms with Crippen LogP contribution in [0, 0.1) is 12.3 Å². The molecule has 1 aromatic carbocycles. The summed E-state index contributed by atoms with van der Waals surface area (Å²) < 4.78 is 12.3. The van der Waals surface area contributed by atoms with Crippen molar-refractivity contribution >= 4 is 11.8 Å². The summed E-state index contributed by atoms with van der Waals surface area (Å²) >= 11 is 1.69. The van der Waals surface area contributed by atoms with Gasteiger partial charge in [0.1, 0.15) is 5.60 Å². The highest BCUT2D eigenvalue weighted by atomic mass is 32.2. The van der Waals surface area contributed by atoms with Crippen LogP contribution in [0.2, 0.25) is 0 Å². The van der Waals surface area contributed by atoms with Crippen LogP contribution >= 0.6 is 11.8 Å². The SMILES string of the molecule is COC1C(O)CCC(O)(Cc2ccc(C)cc2)C1(CSC)C1(C)OC1CC=C(C)C. The Kier molecular flexibility index (Phi) is 7.10. The molecule has 1 aliphatic heterocycles. The number of benzene rings is 1. The molecule has 2 fully saturated rings. The van der Waals surface area contributed by atoms with Crippen LogP contribution in [0.4, 0.5) is 0 Å². The largest absolute Gasteiger partial charge is 0.390 e. The van der Waals surface area contributed by atoms with E-state index in [1.54, 1.807) is 18.9 Å². The highest BCUT2D eigenvalue weighted by Crippen LogP contribution is 2.64. The van der Waals surface area contributed by atoms with Crippen LogP contribution in [0.1, 0.15) is 51.2 Å². The summed E-state index contributed by atoms with van der Waals surface area (Å²) in [6, 6.07) is 8.38. The van der Waals surface area contributed by atoms with Crippen molar-refractivity contribution in [1.82, 2.24) is 0 Å². The number of aryl methyl sites for hydroxylation is 1. The molecule has 0 radical (unpaired) electrons. The Morgan fingerprint density at radius 1 is 1.30 bits per heavy atom. The summed E-state index contributed by atoms with van der Waals surface area (Å²) in [5, 5.41) is 23.3. The second kappa shape index (κ2) is 8.95. The van der Waals surface area contributed by atoms with E-state index in [0.717, 1.165) is 12.0 Å². The van der Waals surface area contributed by atoms with Crippen molar-refractivity contribution in [2.24, 2.45) is 5.41 Å². The van der Waals surface area contributed by atoms with E-state index in [1.807, 2.05) is 0 Å². The van der Waals surface area contributed by atoms with E-state index in [0.29, 0.717) is 25.0 Å². The summed E-state index contributed by atoms with van der Waals surface area (Å²) in [5.41, 5.74) is 1.23. The van der Waals surface area contributed by atoms with E-state index < -0.39 is 28.8 Å². The molecule has 6 unspecified atom stereocenters. The Morgan fingerprint density at radius 3 is 2.53 bits per heavy atom. The number of hydrogen-bond donors (Lipinski definition) is 2. The number of hydrogen-bond acceptors (Lipinski definition) is 5. The Hall–Kier alpha value is -0.850. The average Bonchev–Trinajstić information content (AvgIpc) is 3.37. The highest BCUT2D eigenvalue weighted by molar-refractivity contribution is 7.98. The molecule has 1 saturated carbocycles. The number of methoxy groups -OCH3 is 1. The topological polar surface area (TPSA) is 62.2 Å². The van der Waals surface area contributed by atoms with Gasteiger partial charge in [0, 0.05) is 19.3 Å². The molecule has 1 heterocycles. The third-order valence-electron chi connectivity index (χ3n) is 7.33. The van der Waals surface area contributed by atoms with Gasteiger partial charge < -0.3 is 19.7 Å². The molecule has 30 heavy (non-hydrogen) atoms. The van der Waals surface area contributed by atoms with Crippen molar-refractivity contribution < 1.29 is 19.7 Å².